The zero-order valence-electron chi connectivity index (χ0n) is 12.3. The van der Waals surface area contributed by atoms with Gasteiger partial charge in [0.05, 0.1) is 5.02 Å². The first-order chi connectivity index (χ1) is 10.5. The summed E-state index contributed by atoms with van der Waals surface area (Å²) in [6.07, 6.45) is 2.97. The first-order valence-corrected chi connectivity index (χ1v) is 7.89. The Hall–Kier alpha value is -1.58. The molecule has 0 radical (unpaired) electrons. The van der Waals surface area contributed by atoms with E-state index in [1.807, 2.05) is 18.3 Å². The maximum atomic E-state index is 13.8. The predicted octanol–water partition coefficient (Wildman–Crippen LogP) is 6.12. The first-order valence-electron chi connectivity index (χ1n) is 7.13. The summed E-state index contributed by atoms with van der Waals surface area (Å²) in [6.45, 7) is 4.23. The molecule has 0 amide bonds. The van der Waals surface area contributed by atoms with Gasteiger partial charge in [0.15, 0.2) is 0 Å². The highest BCUT2D eigenvalue weighted by Gasteiger charge is 2.16. The number of pyridine rings is 1. The second kappa shape index (κ2) is 5.90. The van der Waals surface area contributed by atoms with Crippen molar-refractivity contribution in [3.05, 3.63) is 52.5 Å². The Morgan fingerprint density at radius 2 is 2.00 bits per heavy atom. The van der Waals surface area contributed by atoms with E-state index in [9.17, 15) is 4.39 Å². The maximum Gasteiger partial charge on any atom is 0.142 e. The third-order valence-electron chi connectivity index (χ3n) is 3.94. The van der Waals surface area contributed by atoms with E-state index >= 15 is 0 Å². The van der Waals surface area contributed by atoms with Crippen LogP contribution in [0.2, 0.25) is 10.2 Å². The Labute approximate surface area is 138 Å². The van der Waals surface area contributed by atoms with Crippen LogP contribution in [0.25, 0.3) is 22.2 Å². The molecule has 114 valence electrons. The van der Waals surface area contributed by atoms with Gasteiger partial charge in [-0.25, -0.2) is 9.37 Å². The van der Waals surface area contributed by atoms with Gasteiger partial charge in [-0.05, 0) is 43.2 Å². The van der Waals surface area contributed by atoms with Crippen LogP contribution < -0.4 is 0 Å². The van der Waals surface area contributed by atoms with E-state index in [0.29, 0.717) is 5.15 Å². The molecule has 2 aromatic heterocycles. The molecule has 0 fully saturated rings. The van der Waals surface area contributed by atoms with E-state index in [0.717, 1.165) is 28.6 Å². The molecule has 1 unspecified atom stereocenters. The summed E-state index contributed by atoms with van der Waals surface area (Å²) in [7, 11) is 0. The van der Waals surface area contributed by atoms with E-state index in [2.05, 4.69) is 23.4 Å². The molecule has 0 bridgehead atoms. The lowest BCUT2D eigenvalue weighted by atomic mass is 10.1. The molecule has 0 saturated heterocycles. The number of benzene rings is 1. The van der Waals surface area contributed by atoms with Gasteiger partial charge in [0.2, 0.25) is 0 Å². The lowest BCUT2D eigenvalue weighted by molar-refractivity contribution is 0.545. The summed E-state index contributed by atoms with van der Waals surface area (Å²) >= 11 is 11.8. The van der Waals surface area contributed by atoms with Crippen LogP contribution in [-0.4, -0.2) is 9.55 Å². The predicted molar refractivity (Wildman–Crippen MR) is 90.1 cm³/mol. The summed E-state index contributed by atoms with van der Waals surface area (Å²) in [6, 6.07) is 8.79. The molecule has 1 aromatic carbocycles. The van der Waals surface area contributed by atoms with E-state index in [1.165, 1.54) is 6.07 Å². The van der Waals surface area contributed by atoms with Crippen molar-refractivity contribution in [3.8, 4) is 11.1 Å². The third-order valence-corrected chi connectivity index (χ3v) is 4.46. The van der Waals surface area contributed by atoms with Gasteiger partial charge >= 0.3 is 0 Å². The zero-order chi connectivity index (χ0) is 15.9. The fraction of sp³-hybridized carbons (Fsp3) is 0.235. The van der Waals surface area contributed by atoms with Crippen molar-refractivity contribution in [2.75, 3.05) is 0 Å². The van der Waals surface area contributed by atoms with Crippen molar-refractivity contribution in [1.29, 1.82) is 0 Å². The molecule has 2 nitrogen and oxygen atoms in total. The lowest BCUT2D eigenvalue weighted by Crippen LogP contribution is -2.02. The molecular formula is C17H15Cl2FN2. The molecule has 22 heavy (non-hydrogen) atoms. The van der Waals surface area contributed by atoms with Crippen LogP contribution in [-0.2, 0) is 0 Å². The number of halogens is 3. The van der Waals surface area contributed by atoms with Gasteiger partial charge in [-0.3, -0.25) is 0 Å². The summed E-state index contributed by atoms with van der Waals surface area (Å²) in [5.41, 5.74) is 2.51. The van der Waals surface area contributed by atoms with Crippen molar-refractivity contribution in [3.63, 3.8) is 0 Å². The van der Waals surface area contributed by atoms with Gasteiger partial charge in [-0.1, -0.05) is 36.2 Å². The van der Waals surface area contributed by atoms with Gasteiger partial charge in [0.1, 0.15) is 16.6 Å². The van der Waals surface area contributed by atoms with Gasteiger partial charge in [0.25, 0.3) is 0 Å². The molecule has 1 atom stereocenters. The molecule has 0 aliphatic rings. The molecular weight excluding hydrogens is 322 g/mol. The number of hydrogen-bond donors (Lipinski definition) is 0. The van der Waals surface area contributed by atoms with Crippen LogP contribution in [0.5, 0.6) is 0 Å². The molecule has 5 heteroatoms. The van der Waals surface area contributed by atoms with Crippen molar-refractivity contribution in [2.24, 2.45) is 0 Å². The highest BCUT2D eigenvalue weighted by Crippen LogP contribution is 2.34. The Bertz CT molecular complexity index is 842. The summed E-state index contributed by atoms with van der Waals surface area (Å²) < 4.78 is 15.9. The normalized spacial score (nSPS) is 12.8. The zero-order valence-corrected chi connectivity index (χ0v) is 13.8. The van der Waals surface area contributed by atoms with Gasteiger partial charge in [-0.15, -0.1) is 0 Å². The standard InChI is InChI=1S/C17H15Cl2FN2/c1-3-10(2)22-9-13(11-4-6-14(18)15(20)8-11)12-5-7-16(19)21-17(12)22/h4-10H,3H2,1-2H3. The van der Waals surface area contributed by atoms with Crippen molar-refractivity contribution < 1.29 is 4.39 Å². The minimum Gasteiger partial charge on any atom is -0.329 e. The van der Waals surface area contributed by atoms with Crippen LogP contribution in [0.4, 0.5) is 4.39 Å². The third kappa shape index (κ3) is 2.59. The Balaban J connectivity index is 2.27. The molecule has 0 N–H and O–H groups in total. The number of rotatable bonds is 3. The Morgan fingerprint density at radius 3 is 2.68 bits per heavy atom. The second-order valence-corrected chi connectivity index (χ2v) is 6.14. The SMILES string of the molecule is CCC(C)n1cc(-c2ccc(Cl)c(F)c2)c2ccc(Cl)nc21. The molecule has 0 saturated carbocycles. The minimum atomic E-state index is -0.425. The smallest absolute Gasteiger partial charge is 0.142 e. The van der Waals surface area contributed by atoms with Crippen LogP contribution in [0.3, 0.4) is 0 Å². The molecule has 0 spiro atoms. The second-order valence-electron chi connectivity index (χ2n) is 5.34. The fourth-order valence-corrected chi connectivity index (χ4v) is 2.79. The van der Waals surface area contributed by atoms with E-state index in [-0.39, 0.29) is 11.1 Å². The maximum absolute atomic E-state index is 13.8. The van der Waals surface area contributed by atoms with Crippen LogP contribution >= 0.6 is 23.2 Å². The number of fused-ring (bicyclic) bond motifs is 1. The Morgan fingerprint density at radius 1 is 1.23 bits per heavy atom. The molecule has 2 heterocycles. The average Bonchev–Trinajstić information content (AvgIpc) is 2.88. The fourth-order valence-electron chi connectivity index (χ4n) is 2.53. The number of hydrogen-bond acceptors (Lipinski definition) is 1. The van der Waals surface area contributed by atoms with Gasteiger partial charge in [0, 0.05) is 23.2 Å². The molecule has 3 aromatic rings. The molecule has 0 aliphatic carbocycles. The summed E-state index contributed by atoms with van der Waals surface area (Å²) in [5, 5.41) is 1.52. The minimum absolute atomic E-state index is 0.121. The first kappa shape index (κ1) is 15.3. The monoisotopic (exact) mass is 336 g/mol. The largest absolute Gasteiger partial charge is 0.329 e. The highest BCUT2D eigenvalue weighted by atomic mass is 35.5. The lowest BCUT2D eigenvalue weighted by Gasteiger charge is -2.11. The average molecular weight is 337 g/mol. The number of aromatic nitrogens is 2. The van der Waals surface area contributed by atoms with Crippen LogP contribution in [0, 0.1) is 5.82 Å². The highest BCUT2D eigenvalue weighted by molar-refractivity contribution is 6.31. The van der Waals surface area contributed by atoms with Crippen molar-refractivity contribution in [2.45, 2.75) is 26.3 Å². The topological polar surface area (TPSA) is 17.8 Å². The Kier molecular flexibility index (Phi) is 4.11. The van der Waals surface area contributed by atoms with E-state index in [4.69, 9.17) is 23.2 Å². The van der Waals surface area contributed by atoms with E-state index < -0.39 is 5.82 Å². The molecule has 3 rings (SSSR count). The van der Waals surface area contributed by atoms with Crippen LogP contribution in [0.1, 0.15) is 26.3 Å². The quantitative estimate of drug-likeness (QED) is 0.527. The molecule has 0 aliphatic heterocycles. The number of nitrogens with zero attached hydrogens (tertiary/aromatic N) is 2. The summed E-state index contributed by atoms with van der Waals surface area (Å²) in [5.74, 6) is -0.425. The van der Waals surface area contributed by atoms with Gasteiger partial charge in [-0.2, -0.15) is 0 Å². The van der Waals surface area contributed by atoms with Crippen molar-refractivity contribution in [1.82, 2.24) is 9.55 Å². The van der Waals surface area contributed by atoms with E-state index in [1.54, 1.807) is 12.1 Å². The van der Waals surface area contributed by atoms with Crippen LogP contribution in [0.15, 0.2) is 36.5 Å². The van der Waals surface area contributed by atoms with Crippen molar-refractivity contribution >= 4 is 34.2 Å². The summed E-state index contributed by atoms with van der Waals surface area (Å²) in [4.78, 5) is 4.44. The van der Waals surface area contributed by atoms with Gasteiger partial charge < -0.3 is 4.57 Å².